The Morgan fingerprint density at radius 3 is 2.82 bits per heavy atom. The topological polar surface area (TPSA) is 140 Å². The van der Waals surface area contributed by atoms with Gasteiger partial charge >= 0.3 is 12.0 Å². The summed E-state index contributed by atoms with van der Waals surface area (Å²) in [6, 6.07) is 8.07. The quantitative estimate of drug-likeness (QED) is 0.453. The van der Waals surface area contributed by atoms with Crippen LogP contribution in [-0.4, -0.2) is 58.5 Å². The van der Waals surface area contributed by atoms with Crippen molar-refractivity contribution in [1.29, 1.82) is 0 Å². The molecule has 10 nitrogen and oxygen atoms in total. The average Bonchev–Trinajstić information content (AvgIpc) is 3.37. The summed E-state index contributed by atoms with van der Waals surface area (Å²) in [5.41, 5.74) is 5.97. The molecule has 1 aliphatic rings. The molecular weight excluding hydrogens is 468 g/mol. The van der Waals surface area contributed by atoms with Crippen LogP contribution >= 0.6 is 22.9 Å². The van der Waals surface area contributed by atoms with Gasteiger partial charge in [0, 0.05) is 18.4 Å². The Balaban J connectivity index is 1.72. The Kier molecular flexibility index (Phi) is 6.34. The van der Waals surface area contributed by atoms with Gasteiger partial charge in [-0.2, -0.15) is 0 Å². The second-order valence-electron chi connectivity index (χ2n) is 7.52. The van der Waals surface area contributed by atoms with E-state index >= 15 is 0 Å². The lowest BCUT2D eigenvalue weighted by Gasteiger charge is -2.38. The average molecular weight is 489 g/mol. The normalized spacial score (nSPS) is 17.6. The zero-order chi connectivity index (χ0) is 23.6. The Hall–Kier alpha value is -3.44. The zero-order valence-electron chi connectivity index (χ0n) is 17.6. The number of nitrogen functional groups attached to an aromatic ring is 1. The lowest BCUT2D eigenvalue weighted by atomic mass is 9.87. The molecule has 3 aromatic rings. The van der Waals surface area contributed by atoms with E-state index in [1.807, 2.05) is 6.07 Å². The highest BCUT2D eigenvalue weighted by Gasteiger charge is 2.50. The third-order valence-corrected chi connectivity index (χ3v) is 6.70. The fourth-order valence-electron chi connectivity index (χ4n) is 3.92. The largest absolute Gasteiger partial charge is 0.468 e. The van der Waals surface area contributed by atoms with Gasteiger partial charge in [0.05, 0.1) is 22.0 Å². The van der Waals surface area contributed by atoms with Crippen LogP contribution in [0.3, 0.4) is 0 Å². The van der Waals surface area contributed by atoms with Crippen molar-refractivity contribution in [2.75, 3.05) is 31.2 Å². The van der Waals surface area contributed by atoms with Crippen LogP contribution in [0, 0.1) is 0 Å². The molecular formula is C21H21ClN6O4S. The fourth-order valence-corrected chi connectivity index (χ4v) is 4.85. The number of nitrogens with zero attached hydrogens (tertiary/aromatic N) is 3. The number of carbonyl (C=O) groups is 3. The van der Waals surface area contributed by atoms with Crippen LogP contribution in [0.2, 0.25) is 4.34 Å². The molecule has 0 bridgehead atoms. The van der Waals surface area contributed by atoms with Gasteiger partial charge < -0.3 is 15.8 Å². The number of hydrogen-bond donors (Lipinski definition) is 3. The van der Waals surface area contributed by atoms with Gasteiger partial charge in [-0.05, 0) is 36.2 Å². The molecule has 1 fully saturated rings. The van der Waals surface area contributed by atoms with Crippen molar-refractivity contribution in [1.82, 2.24) is 20.2 Å². The predicted octanol–water partition coefficient (Wildman–Crippen LogP) is 2.44. The molecule has 2 aromatic heterocycles. The third-order valence-electron chi connectivity index (χ3n) is 5.56. The highest BCUT2D eigenvalue weighted by Crippen LogP contribution is 2.32. The molecule has 0 unspecified atom stereocenters. The van der Waals surface area contributed by atoms with Crippen molar-refractivity contribution in [3.8, 4) is 0 Å². The van der Waals surface area contributed by atoms with Gasteiger partial charge in [-0.1, -0.05) is 17.7 Å². The smallest absolute Gasteiger partial charge is 0.325 e. The molecule has 0 aliphatic carbocycles. The number of nitrogens with one attached hydrogen (secondary N) is 2. The number of ether oxygens (including phenoxy) is 1. The minimum Gasteiger partial charge on any atom is -0.468 e. The molecule has 12 heteroatoms. The number of nitrogens with two attached hydrogens (primary N) is 1. The van der Waals surface area contributed by atoms with Gasteiger partial charge in [0.25, 0.3) is 0 Å². The van der Waals surface area contributed by atoms with Crippen molar-refractivity contribution < 1.29 is 19.1 Å². The first kappa shape index (κ1) is 22.7. The Morgan fingerprint density at radius 2 is 2.15 bits per heavy atom. The number of halogens is 1. The van der Waals surface area contributed by atoms with Crippen molar-refractivity contribution >= 4 is 62.6 Å². The number of thiophene rings is 1. The highest BCUT2D eigenvalue weighted by molar-refractivity contribution is 7.20. The number of rotatable bonds is 6. The molecule has 1 aromatic carbocycles. The highest BCUT2D eigenvalue weighted by atomic mass is 35.5. The van der Waals surface area contributed by atoms with Crippen molar-refractivity contribution in [2.24, 2.45) is 0 Å². The summed E-state index contributed by atoms with van der Waals surface area (Å²) in [5, 5.41) is 6.71. The van der Waals surface area contributed by atoms with Gasteiger partial charge in [-0.3, -0.25) is 19.8 Å². The van der Waals surface area contributed by atoms with E-state index in [9.17, 15) is 14.4 Å². The lowest BCUT2D eigenvalue weighted by Crippen LogP contribution is -2.60. The van der Waals surface area contributed by atoms with Crippen molar-refractivity contribution in [3.63, 3.8) is 0 Å². The Labute approximate surface area is 198 Å². The van der Waals surface area contributed by atoms with Crippen LogP contribution in [0.15, 0.2) is 36.7 Å². The van der Waals surface area contributed by atoms with Crippen LogP contribution in [0.1, 0.15) is 12.0 Å². The van der Waals surface area contributed by atoms with Gasteiger partial charge in [-0.15, -0.1) is 11.3 Å². The van der Waals surface area contributed by atoms with Gasteiger partial charge in [0.1, 0.15) is 24.2 Å². The third kappa shape index (κ3) is 4.55. The lowest BCUT2D eigenvalue weighted by molar-refractivity contribution is -0.143. The Morgan fingerprint density at radius 1 is 1.33 bits per heavy atom. The molecule has 1 saturated heterocycles. The number of hydrogen-bond acceptors (Lipinski definition) is 8. The van der Waals surface area contributed by atoms with Gasteiger partial charge in [-0.25, -0.2) is 14.8 Å². The second-order valence-corrected chi connectivity index (χ2v) is 9.24. The van der Waals surface area contributed by atoms with Crippen LogP contribution in [0.5, 0.6) is 0 Å². The summed E-state index contributed by atoms with van der Waals surface area (Å²) in [6.45, 7) is -0.0468. The van der Waals surface area contributed by atoms with Gasteiger partial charge in [0.15, 0.2) is 0 Å². The number of benzene rings is 1. The van der Waals surface area contributed by atoms with E-state index in [1.165, 1.54) is 29.7 Å². The van der Waals surface area contributed by atoms with E-state index < -0.39 is 24.1 Å². The van der Waals surface area contributed by atoms with E-state index in [2.05, 4.69) is 20.6 Å². The number of amides is 3. The molecule has 4 N–H and O–H groups in total. The number of anilines is 2. The molecule has 0 saturated carbocycles. The fraction of sp³-hybridized carbons (Fsp3) is 0.286. The molecule has 0 radical (unpaired) electrons. The summed E-state index contributed by atoms with van der Waals surface area (Å²) in [5.74, 6) is -0.651. The number of esters is 1. The molecule has 1 aliphatic heterocycles. The summed E-state index contributed by atoms with van der Waals surface area (Å²) in [4.78, 5) is 48.1. The number of carbonyl (C=O) groups excluding carboxylic acids is 3. The summed E-state index contributed by atoms with van der Waals surface area (Å²) >= 11 is 7.14. The first-order valence-electron chi connectivity index (χ1n) is 10.0. The zero-order valence-corrected chi connectivity index (χ0v) is 19.2. The van der Waals surface area contributed by atoms with E-state index in [0.29, 0.717) is 39.0 Å². The second kappa shape index (κ2) is 9.20. The molecule has 4 rings (SSSR count). The van der Waals surface area contributed by atoms with Crippen LogP contribution < -0.4 is 16.4 Å². The molecule has 3 heterocycles. The first-order chi connectivity index (χ1) is 15.8. The minimum absolute atomic E-state index is 0.161. The van der Waals surface area contributed by atoms with E-state index in [4.69, 9.17) is 22.1 Å². The molecule has 172 valence electrons. The molecule has 1 atom stereocenters. The molecule has 0 spiro atoms. The predicted molar refractivity (Wildman–Crippen MR) is 125 cm³/mol. The van der Waals surface area contributed by atoms with Crippen molar-refractivity contribution in [2.45, 2.75) is 18.4 Å². The molecule has 33 heavy (non-hydrogen) atoms. The van der Waals surface area contributed by atoms with E-state index in [0.717, 1.165) is 5.56 Å². The van der Waals surface area contributed by atoms with Gasteiger partial charge in [0.2, 0.25) is 5.91 Å². The standard InChI is InChI=1S/C21H21ClN6O4S/c1-32-17(29)10-28(20(31)27-16-5-4-15(22)33-16)21(6-7-24-19(21)30)9-12-2-3-13-14(8-12)25-11-26-18(13)23/h2-5,8,11H,6-7,9-10H2,1H3,(H,24,30)(H,27,31)(H2,23,25,26)/t21-/m1/s1. The van der Waals surface area contributed by atoms with E-state index in [1.54, 1.807) is 24.3 Å². The number of urea groups is 1. The first-order valence-corrected chi connectivity index (χ1v) is 11.2. The maximum absolute atomic E-state index is 13.3. The maximum atomic E-state index is 13.3. The number of fused-ring (bicyclic) bond motifs is 1. The van der Waals surface area contributed by atoms with E-state index in [-0.39, 0.29) is 12.3 Å². The SMILES string of the molecule is COC(=O)CN(C(=O)Nc1ccc(Cl)s1)[C@@]1(Cc2ccc3c(N)ncnc3c2)CCNC1=O. The summed E-state index contributed by atoms with van der Waals surface area (Å²) in [6.07, 6.45) is 1.84. The monoisotopic (exact) mass is 488 g/mol. The van der Waals surface area contributed by atoms with Crippen LogP contribution in [0.25, 0.3) is 10.9 Å². The van der Waals surface area contributed by atoms with Crippen LogP contribution in [-0.2, 0) is 20.7 Å². The van der Waals surface area contributed by atoms with Crippen LogP contribution in [0.4, 0.5) is 15.6 Å². The summed E-state index contributed by atoms with van der Waals surface area (Å²) < 4.78 is 5.30. The minimum atomic E-state index is -1.31. The molecule has 3 amide bonds. The van der Waals surface area contributed by atoms with Crippen molar-refractivity contribution in [3.05, 3.63) is 46.6 Å². The summed E-state index contributed by atoms with van der Waals surface area (Å²) in [7, 11) is 1.23. The maximum Gasteiger partial charge on any atom is 0.325 e. The number of aromatic nitrogens is 2. The Bertz CT molecular complexity index is 1230. The number of methoxy groups -OCH3 is 1.